The topological polar surface area (TPSA) is 59.0 Å². The number of rotatable bonds is 5. The standard InChI is InChI=1S/C16H28N4O/c1-11(2)20-10-13(9-18-20)12(3)19-15-8-6-5-7-14(15)16(21)17-4/h9-12,14-15,19H,5-8H2,1-4H3,(H,17,21)/t12-,14-,15+/m1/s1. The third-order valence-electron chi connectivity index (χ3n) is 4.46. The molecule has 1 aromatic rings. The SMILES string of the molecule is CNC(=O)[C@@H]1CCCC[C@@H]1N[C@H](C)c1cnn(C(C)C)c1. The summed E-state index contributed by atoms with van der Waals surface area (Å²) in [6, 6.07) is 0.850. The Hall–Kier alpha value is -1.36. The zero-order valence-corrected chi connectivity index (χ0v) is 13.6. The first-order valence-corrected chi connectivity index (χ1v) is 8.04. The monoisotopic (exact) mass is 292 g/mol. The molecule has 21 heavy (non-hydrogen) atoms. The lowest BCUT2D eigenvalue weighted by atomic mass is 9.83. The maximum atomic E-state index is 12.0. The van der Waals surface area contributed by atoms with Gasteiger partial charge in [-0.15, -0.1) is 0 Å². The summed E-state index contributed by atoms with van der Waals surface area (Å²) in [7, 11) is 1.73. The summed E-state index contributed by atoms with van der Waals surface area (Å²) in [5.41, 5.74) is 1.19. The first-order valence-electron chi connectivity index (χ1n) is 8.04. The van der Waals surface area contributed by atoms with Crippen LogP contribution in [-0.4, -0.2) is 28.8 Å². The number of amides is 1. The van der Waals surface area contributed by atoms with Crippen molar-refractivity contribution in [2.45, 2.75) is 64.6 Å². The fraction of sp³-hybridized carbons (Fsp3) is 0.750. The zero-order chi connectivity index (χ0) is 15.4. The molecule has 1 saturated carbocycles. The third-order valence-corrected chi connectivity index (χ3v) is 4.46. The average Bonchev–Trinajstić information content (AvgIpc) is 2.97. The molecule has 5 nitrogen and oxygen atoms in total. The van der Waals surface area contributed by atoms with Gasteiger partial charge in [0.25, 0.3) is 0 Å². The molecule has 0 aliphatic heterocycles. The highest BCUT2D eigenvalue weighted by Gasteiger charge is 2.31. The molecule has 5 heteroatoms. The van der Waals surface area contributed by atoms with Gasteiger partial charge in [-0.2, -0.15) is 5.10 Å². The lowest BCUT2D eigenvalue weighted by Gasteiger charge is -2.33. The molecule has 1 heterocycles. The number of hydrogen-bond acceptors (Lipinski definition) is 3. The first-order chi connectivity index (χ1) is 10.0. The van der Waals surface area contributed by atoms with Crippen molar-refractivity contribution < 1.29 is 4.79 Å². The number of aromatic nitrogens is 2. The van der Waals surface area contributed by atoms with Crippen molar-refractivity contribution in [3.05, 3.63) is 18.0 Å². The lowest BCUT2D eigenvalue weighted by molar-refractivity contribution is -0.126. The van der Waals surface area contributed by atoms with Crippen LogP contribution in [0.4, 0.5) is 0 Å². The first kappa shape index (κ1) is 16.0. The summed E-state index contributed by atoms with van der Waals surface area (Å²) in [5.74, 6) is 0.253. The van der Waals surface area contributed by atoms with E-state index in [1.807, 2.05) is 10.9 Å². The fourth-order valence-electron chi connectivity index (χ4n) is 3.11. The molecule has 0 radical (unpaired) electrons. The molecule has 2 N–H and O–H groups in total. The Bertz CT molecular complexity index is 469. The average molecular weight is 292 g/mol. The van der Waals surface area contributed by atoms with Gasteiger partial charge in [-0.3, -0.25) is 9.48 Å². The van der Waals surface area contributed by atoms with E-state index in [1.165, 1.54) is 12.0 Å². The number of carbonyl (C=O) groups excluding carboxylic acids is 1. The highest BCUT2D eigenvalue weighted by Crippen LogP contribution is 2.27. The lowest BCUT2D eigenvalue weighted by Crippen LogP contribution is -2.46. The molecule has 1 aliphatic carbocycles. The summed E-state index contributed by atoms with van der Waals surface area (Å²) in [5, 5.41) is 10.8. The van der Waals surface area contributed by atoms with E-state index in [0.717, 1.165) is 19.3 Å². The van der Waals surface area contributed by atoms with Crippen LogP contribution in [0.1, 0.15) is 64.1 Å². The van der Waals surface area contributed by atoms with Crippen molar-refractivity contribution in [3.63, 3.8) is 0 Å². The molecule has 0 spiro atoms. The molecule has 1 amide bonds. The second-order valence-corrected chi connectivity index (χ2v) is 6.35. The molecule has 2 rings (SSSR count). The van der Waals surface area contributed by atoms with Gasteiger partial charge in [-0.05, 0) is 33.6 Å². The molecule has 1 aromatic heterocycles. The minimum Gasteiger partial charge on any atom is -0.359 e. The molecule has 118 valence electrons. The predicted molar refractivity (Wildman–Crippen MR) is 84.0 cm³/mol. The van der Waals surface area contributed by atoms with Crippen LogP contribution in [0, 0.1) is 5.92 Å². The molecular formula is C16H28N4O. The van der Waals surface area contributed by atoms with E-state index < -0.39 is 0 Å². The third kappa shape index (κ3) is 3.84. The van der Waals surface area contributed by atoms with Crippen LogP contribution >= 0.6 is 0 Å². The van der Waals surface area contributed by atoms with Crippen LogP contribution in [0.3, 0.4) is 0 Å². The van der Waals surface area contributed by atoms with Gasteiger partial charge >= 0.3 is 0 Å². The molecule has 3 atom stereocenters. The van der Waals surface area contributed by atoms with Crippen molar-refractivity contribution in [2.24, 2.45) is 5.92 Å². The normalized spacial score (nSPS) is 24.0. The smallest absolute Gasteiger partial charge is 0.224 e. The number of nitrogens with zero attached hydrogens (tertiary/aromatic N) is 2. The highest BCUT2D eigenvalue weighted by atomic mass is 16.1. The Balaban J connectivity index is 2.02. The van der Waals surface area contributed by atoms with E-state index >= 15 is 0 Å². The summed E-state index contributed by atoms with van der Waals surface area (Å²) in [4.78, 5) is 12.0. The minimum atomic E-state index is 0.0892. The van der Waals surface area contributed by atoms with Gasteiger partial charge in [0.15, 0.2) is 0 Å². The van der Waals surface area contributed by atoms with Gasteiger partial charge in [-0.1, -0.05) is 12.8 Å². The zero-order valence-electron chi connectivity index (χ0n) is 13.6. The maximum absolute atomic E-state index is 12.0. The van der Waals surface area contributed by atoms with Crippen LogP contribution in [0.5, 0.6) is 0 Å². The number of nitrogens with one attached hydrogen (secondary N) is 2. The van der Waals surface area contributed by atoms with Crippen molar-refractivity contribution >= 4 is 5.91 Å². The summed E-state index contributed by atoms with van der Waals surface area (Å²) < 4.78 is 1.98. The Morgan fingerprint density at radius 1 is 1.33 bits per heavy atom. The Morgan fingerprint density at radius 3 is 2.67 bits per heavy atom. The van der Waals surface area contributed by atoms with E-state index in [2.05, 4.69) is 42.7 Å². The van der Waals surface area contributed by atoms with Crippen molar-refractivity contribution in [1.29, 1.82) is 0 Å². The van der Waals surface area contributed by atoms with Crippen molar-refractivity contribution in [1.82, 2.24) is 20.4 Å². The van der Waals surface area contributed by atoms with E-state index in [9.17, 15) is 4.79 Å². The van der Waals surface area contributed by atoms with Gasteiger partial charge in [0.05, 0.1) is 12.1 Å². The Kier molecular flexibility index (Phi) is 5.39. The van der Waals surface area contributed by atoms with Gasteiger partial charge in [0.2, 0.25) is 5.91 Å². The van der Waals surface area contributed by atoms with Crippen LogP contribution in [0.2, 0.25) is 0 Å². The molecule has 1 fully saturated rings. The van der Waals surface area contributed by atoms with Gasteiger partial charge in [0, 0.05) is 36.9 Å². The van der Waals surface area contributed by atoms with Gasteiger partial charge < -0.3 is 10.6 Å². The molecule has 0 bridgehead atoms. The number of carbonyl (C=O) groups is 1. The van der Waals surface area contributed by atoms with Crippen LogP contribution < -0.4 is 10.6 Å². The van der Waals surface area contributed by atoms with Crippen LogP contribution in [-0.2, 0) is 4.79 Å². The van der Waals surface area contributed by atoms with Crippen LogP contribution in [0.25, 0.3) is 0 Å². The fourth-order valence-corrected chi connectivity index (χ4v) is 3.11. The summed E-state index contributed by atoms with van der Waals surface area (Å²) in [6.07, 6.45) is 8.42. The summed E-state index contributed by atoms with van der Waals surface area (Å²) >= 11 is 0. The highest BCUT2D eigenvalue weighted by molar-refractivity contribution is 5.79. The molecular weight excluding hydrogens is 264 g/mol. The second kappa shape index (κ2) is 7.07. The quantitative estimate of drug-likeness (QED) is 0.876. The van der Waals surface area contributed by atoms with E-state index in [0.29, 0.717) is 6.04 Å². The van der Waals surface area contributed by atoms with Gasteiger partial charge in [-0.25, -0.2) is 0 Å². The Morgan fingerprint density at radius 2 is 2.05 bits per heavy atom. The predicted octanol–water partition coefficient (Wildman–Crippen LogP) is 2.42. The molecule has 0 aromatic carbocycles. The number of hydrogen-bond donors (Lipinski definition) is 2. The van der Waals surface area contributed by atoms with Crippen LogP contribution in [0.15, 0.2) is 12.4 Å². The van der Waals surface area contributed by atoms with E-state index in [-0.39, 0.29) is 23.9 Å². The Labute approximate surface area is 127 Å². The second-order valence-electron chi connectivity index (χ2n) is 6.35. The van der Waals surface area contributed by atoms with Crippen molar-refractivity contribution in [2.75, 3.05) is 7.05 Å². The maximum Gasteiger partial charge on any atom is 0.224 e. The molecule has 0 unspecified atom stereocenters. The largest absolute Gasteiger partial charge is 0.359 e. The van der Waals surface area contributed by atoms with Gasteiger partial charge in [0.1, 0.15) is 0 Å². The van der Waals surface area contributed by atoms with Crippen molar-refractivity contribution in [3.8, 4) is 0 Å². The van der Waals surface area contributed by atoms with E-state index in [4.69, 9.17) is 0 Å². The minimum absolute atomic E-state index is 0.0892. The van der Waals surface area contributed by atoms with E-state index in [1.54, 1.807) is 7.05 Å². The molecule has 0 saturated heterocycles. The molecule has 1 aliphatic rings. The summed E-state index contributed by atoms with van der Waals surface area (Å²) in [6.45, 7) is 6.40.